The Morgan fingerprint density at radius 2 is 1.92 bits per heavy atom. The fourth-order valence-corrected chi connectivity index (χ4v) is 2.52. The first-order valence-corrected chi connectivity index (χ1v) is 7.74. The van der Waals surface area contributed by atoms with Gasteiger partial charge in [-0.2, -0.15) is 0 Å². The minimum atomic E-state index is -0.515. The van der Waals surface area contributed by atoms with E-state index in [-0.39, 0.29) is 23.2 Å². The number of amidine groups is 1. The Morgan fingerprint density at radius 3 is 2.64 bits per heavy atom. The number of aryl methyl sites for hydroxylation is 1. The molecule has 4 nitrogen and oxygen atoms in total. The Kier molecular flexibility index (Phi) is 4.88. The zero-order valence-electron chi connectivity index (χ0n) is 13.6. The molecule has 0 radical (unpaired) electrons. The number of rotatable bonds is 5. The summed E-state index contributed by atoms with van der Waals surface area (Å²) in [6.07, 6.45) is 2.32. The van der Waals surface area contributed by atoms with E-state index in [0.29, 0.717) is 29.8 Å². The molecule has 0 saturated heterocycles. The summed E-state index contributed by atoms with van der Waals surface area (Å²) in [5.74, 6) is -0.559. The average molecular weight is 342 g/mol. The van der Waals surface area contributed by atoms with Crippen LogP contribution in [0.1, 0.15) is 17.5 Å². The molecule has 1 aliphatic heterocycles. The molecule has 2 aromatic rings. The molecule has 0 spiro atoms. The van der Waals surface area contributed by atoms with E-state index in [9.17, 15) is 13.6 Å². The number of benzene rings is 2. The molecule has 1 amide bonds. The van der Waals surface area contributed by atoms with Gasteiger partial charge >= 0.3 is 0 Å². The van der Waals surface area contributed by atoms with Gasteiger partial charge in [-0.15, -0.1) is 0 Å². The highest BCUT2D eigenvalue weighted by atomic mass is 19.1. The van der Waals surface area contributed by atoms with Crippen LogP contribution in [-0.4, -0.2) is 18.9 Å². The van der Waals surface area contributed by atoms with Crippen molar-refractivity contribution in [1.29, 1.82) is 0 Å². The molecule has 3 rings (SSSR count). The first-order chi connectivity index (χ1) is 12.1. The van der Waals surface area contributed by atoms with Crippen LogP contribution in [0.3, 0.4) is 0 Å². The first kappa shape index (κ1) is 16.8. The van der Waals surface area contributed by atoms with Crippen LogP contribution < -0.4 is 10.1 Å². The second kappa shape index (κ2) is 7.25. The molecule has 6 heteroatoms. The van der Waals surface area contributed by atoms with Gasteiger partial charge in [0.1, 0.15) is 17.3 Å². The minimum Gasteiger partial charge on any atom is -0.494 e. The second-order valence-corrected chi connectivity index (χ2v) is 5.53. The van der Waals surface area contributed by atoms with Gasteiger partial charge in [0, 0.05) is 6.42 Å². The van der Waals surface area contributed by atoms with Crippen LogP contribution in [0.5, 0.6) is 5.75 Å². The van der Waals surface area contributed by atoms with Gasteiger partial charge in [0.25, 0.3) is 5.91 Å². The molecule has 0 bridgehead atoms. The van der Waals surface area contributed by atoms with E-state index >= 15 is 0 Å². The molecule has 1 aliphatic rings. The molecule has 25 heavy (non-hydrogen) atoms. The SMILES string of the molecule is COc1ccc(/C=C2/N=C(CCc3ccccc3F)NC2=O)cc1F. The van der Waals surface area contributed by atoms with Crippen molar-refractivity contribution in [1.82, 2.24) is 5.32 Å². The number of aliphatic imine (C=N–C) groups is 1. The maximum atomic E-state index is 13.7. The first-order valence-electron chi connectivity index (χ1n) is 7.74. The van der Waals surface area contributed by atoms with E-state index in [0.717, 1.165) is 0 Å². The smallest absolute Gasteiger partial charge is 0.275 e. The van der Waals surface area contributed by atoms with E-state index in [1.54, 1.807) is 24.3 Å². The number of methoxy groups -OCH3 is 1. The van der Waals surface area contributed by atoms with E-state index in [1.165, 1.54) is 31.4 Å². The Labute approximate surface area is 143 Å². The Balaban J connectivity index is 1.73. The van der Waals surface area contributed by atoms with Gasteiger partial charge in [0.2, 0.25) is 0 Å². The van der Waals surface area contributed by atoms with Gasteiger partial charge in [-0.1, -0.05) is 24.3 Å². The van der Waals surface area contributed by atoms with Gasteiger partial charge in [-0.3, -0.25) is 4.79 Å². The summed E-state index contributed by atoms with van der Waals surface area (Å²) in [4.78, 5) is 16.2. The molecule has 0 atom stereocenters. The molecule has 128 valence electrons. The maximum Gasteiger partial charge on any atom is 0.275 e. The normalized spacial score (nSPS) is 15.2. The quantitative estimate of drug-likeness (QED) is 0.846. The monoisotopic (exact) mass is 342 g/mol. The number of nitrogens with zero attached hydrogens (tertiary/aromatic N) is 1. The zero-order chi connectivity index (χ0) is 17.8. The fourth-order valence-electron chi connectivity index (χ4n) is 2.52. The molecule has 0 fully saturated rings. The van der Waals surface area contributed by atoms with Gasteiger partial charge in [-0.05, 0) is 41.8 Å². The van der Waals surface area contributed by atoms with Crippen LogP contribution in [0.4, 0.5) is 8.78 Å². The number of ether oxygens (including phenoxy) is 1. The van der Waals surface area contributed by atoms with Gasteiger partial charge < -0.3 is 10.1 Å². The summed E-state index contributed by atoms with van der Waals surface area (Å²) in [6.45, 7) is 0. The van der Waals surface area contributed by atoms with Crippen molar-refractivity contribution in [3.05, 3.63) is 70.9 Å². The molecular weight excluding hydrogens is 326 g/mol. The number of hydrogen-bond donors (Lipinski definition) is 1. The lowest BCUT2D eigenvalue weighted by atomic mass is 10.1. The molecule has 2 aromatic carbocycles. The molecule has 0 unspecified atom stereocenters. The number of carbonyl (C=O) groups excluding carboxylic acids is 1. The Hall–Kier alpha value is -3.02. The highest BCUT2D eigenvalue weighted by Gasteiger charge is 2.20. The summed E-state index contributed by atoms with van der Waals surface area (Å²) in [7, 11) is 1.38. The summed E-state index contributed by atoms with van der Waals surface area (Å²) in [5.41, 5.74) is 1.25. The number of nitrogens with one attached hydrogen (secondary N) is 1. The third kappa shape index (κ3) is 3.91. The van der Waals surface area contributed by atoms with Crippen molar-refractivity contribution in [2.75, 3.05) is 7.11 Å². The fraction of sp³-hybridized carbons (Fsp3) is 0.158. The van der Waals surface area contributed by atoms with Crippen molar-refractivity contribution in [3.63, 3.8) is 0 Å². The van der Waals surface area contributed by atoms with Crippen molar-refractivity contribution in [2.24, 2.45) is 4.99 Å². The van der Waals surface area contributed by atoms with Crippen LogP contribution >= 0.6 is 0 Å². The van der Waals surface area contributed by atoms with E-state index < -0.39 is 5.82 Å². The van der Waals surface area contributed by atoms with Gasteiger partial charge in [0.05, 0.1) is 7.11 Å². The lowest BCUT2D eigenvalue weighted by Crippen LogP contribution is -2.24. The molecular formula is C19H16F2N2O2. The lowest BCUT2D eigenvalue weighted by Gasteiger charge is -2.02. The summed E-state index contributed by atoms with van der Waals surface area (Å²) in [5, 5.41) is 2.65. The van der Waals surface area contributed by atoms with E-state index in [2.05, 4.69) is 10.3 Å². The summed E-state index contributed by atoms with van der Waals surface area (Å²) < 4.78 is 32.2. The summed E-state index contributed by atoms with van der Waals surface area (Å²) >= 11 is 0. The number of amides is 1. The molecule has 0 aromatic heterocycles. The Bertz CT molecular complexity index is 875. The number of halogens is 2. The van der Waals surface area contributed by atoms with E-state index in [4.69, 9.17) is 4.74 Å². The maximum absolute atomic E-state index is 13.7. The predicted octanol–water partition coefficient (Wildman–Crippen LogP) is 3.48. The van der Waals surface area contributed by atoms with Crippen LogP contribution in [0.2, 0.25) is 0 Å². The van der Waals surface area contributed by atoms with Gasteiger partial charge in [0.15, 0.2) is 11.6 Å². The Morgan fingerprint density at radius 1 is 1.12 bits per heavy atom. The van der Waals surface area contributed by atoms with Crippen LogP contribution in [-0.2, 0) is 11.2 Å². The average Bonchev–Trinajstić information content (AvgIpc) is 2.94. The van der Waals surface area contributed by atoms with Crippen molar-refractivity contribution in [3.8, 4) is 5.75 Å². The molecule has 0 aliphatic carbocycles. The van der Waals surface area contributed by atoms with Crippen molar-refractivity contribution >= 4 is 17.8 Å². The largest absolute Gasteiger partial charge is 0.494 e. The van der Waals surface area contributed by atoms with E-state index in [1.807, 2.05) is 0 Å². The van der Waals surface area contributed by atoms with Crippen molar-refractivity contribution in [2.45, 2.75) is 12.8 Å². The number of carbonyl (C=O) groups is 1. The summed E-state index contributed by atoms with van der Waals surface area (Å²) in [6, 6.07) is 10.9. The lowest BCUT2D eigenvalue weighted by molar-refractivity contribution is -0.115. The third-order valence-electron chi connectivity index (χ3n) is 3.81. The van der Waals surface area contributed by atoms with Crippen LogP contribution in [0.25, 0.3) is 6.08 Å². The number of hydrogen-bond acceptors (Lipinski definition) is 3. The van der Waals surface area contributed by atoms with Crippen molar-refractivity contribution < 1.29 is 18.3 Å². The second-order valence-electron chi connectivity index (χ2n) is 5.53. The highest BCUT2D eigenvalue weighted by molar-refractivity contribution is 6.14. The highest BCUT2D eigenvalue weighted by Crippen LogP contribution is 2.21. The third-order valence-corrected chi connectivity index (χ3v) is 3.81. The molecule has 0 saturated carbocycles. The molecule has 1 N–H and O–H groups in total. The predicted molar refractivity (Wildman–Crippen MR) is 91.2 cm³/mol. The standard InChI is InChI=1S/C19H16F2N2O2/c1-25-17-8-6-12(10-15(17)21)11-16-19(24)23-18(22-16)9-7-13-4-2-3-5-14(13)20/h2-6,8,10-11H,7,9H2,1H3,(H,22,23,24)/b16-11+. The van der Waals surface area contributed by atoms with Crippen LogP contribution in [0.15, 0.2) is 53.2 Å². The zero-order valence-corrected chi connectivity index (χ0v) is 13.6. The van der Waals surface area contributed by atoms with Crippen LogP contribution in [0, 0.1) is 11.6 Å². The minimum absolute atomic E-state index is 0.132. The topological polar surface area (TPSA) is 50.7 Å². The van der Waals surface area contributed by atoms with Gasteiger partial charge in [-0.25, -0.2) is 13.8 Å². The molecule has 1 heterocycles.